The number of aliphatic imine (C=N–C) groups is 1. The Kier molecular flexibility index (Phi) is 6.72. The van der Waals surface area contributed by atoms with Gasteiger partial charge < -0.3 is 10.2 Å². The fourth-order valence-corrected chi connectivity index (χ4v) is 1.85. The van der Waals surface area contributed by atoms with Crippen LogP contribution in [-0.2, 0) is 13.0 Å². The molecule has 0 unspecified atom stereocenters. The maximum Gasteiger partial charge on any atom is 0.194 e. The lowest BCUT2D eigenvalue weighted by Crippen LogP contribution is -2.38. The SMILES string of the molecule is C=CCN=C(NCC)N(C)Cc1ccc(CC)cc1. The molecule has 1 aromatic rings. The van der Waals surface area contributed by atoms with Crippen molar-refractivity contribution in [2.24, 2.45) is 4.99 Å². The van der Waals surface area contributed by atoms with E-state index < -0.39 is 0 Å². The van der Waals surface area contributed by atoms with Crippen molar-refractivity contribution in [3.8, 4) is 0 Å². The highest BCUT2D eigenvalue weighted by Gasteiger charge is 2.05. The number of benzene rings is 1. The minimum absolute atomic E-state index is 0.640. The van der Waals surface area contributed by atoms with Gasteiger partial charge >= 0.3 is 0 Å². The number of hydrogen-bond donors (Lipinski definition) is 1. The molecule has 1 aromatic carbocycles. The van der Waals surface area contributed by atoms with Gasteiger partial charge in [0.15, 0.2) is 5.96 Å². The predicted molar refractivity (Wildman–Crippen MR) is 83.5 cm³/mol. The zero-order valence-corrected chi connectivity index (χ0v) is 12.3. The summed E-state index contributed by atoms with van der Waals surface area (Å²) in [6, 6.07) is 8.76. The number of rotatable bonds is 6. The molecule has 3 nitrogen and oxygen atoms in total. The van der Waals surface area contributed by atoms with Crippen LogP contribution in [0.5, 0.6) is 0 Å². The first-order valence-electron chi connectivity index (χ1n) is 6.89. The molecule has 0 aliphatic rings. The van der Waals surface area contributed by atoms with Gasteiger partial charge in [-0.25, -0.2) is 4.99 Å². The van der Waals surface area contributed by atoms with Gasteiger partial charge in [0.1, 0.15) is 0 Å². The molecule has 0 aromatic heterocycles. The summed E-state index contributed by atoms with van der Waals surface area (Å²) in [6.07, 6.45) is 2.89. The van der Waals surface area contributed by atoms with Gasteiger partial charge in [0.05, 0.1) is 6.54 Å². The molecule has 0 radical (unpaired) electrons. The minimum Gasteiger partial charge on any atom is -0.357 e. The van der Waals surface area contributed by atoms with Crippen LogP contribution in [0.2, 0.25) is 0 Å². The average Bonchev–Trinajstić information content (AvgIpc) is 2.44. The van der Waals surface area contributed by atoms with Crippen molar-refractivity contribution in [1.29, 1.82) is 0 Å². The van der Waals surface area contributed by atoms with Crippen molar-refractivity contribution in [1.82, 2.24) is 10.2 Å². The molecule has 1 rings (SSSR count). The van der Waals surface area contributed by atoms with Gasteiger partial charge in [-0.1, -0.05) is 37.3 Å². The Morgan fingerprint density at radius 2 is 1.89 bits per heavy atom. The van der Waals surface area contributed by atoms with E-state index in [-0.39, 0.29) is 0 Å². The summed E-state index contributed by atoms with van der Waals surface area (Å²) in [4.78, 5) is 6.61. The number of guanidine groups is 1. The Balaban J connectivity index is 2.68. The highest BCUT2D eigenvalue weighted by molar-refractivity contribution is 5.79. The van der Waals surface area contributed by atoms with Crippen LogP contribution in [-0.4, -0.2) is 31.0 Å². The normalized spacial score (nSPS) is 11.2. The van der Waals surface area contributed by atoms with Crippen molar-refractivity contribution < 1.29 is 0 Å². The molecule has 0 fully saturated rings. The molecule has 1 N–H and O–H groups in total. The van der Waals surface area contributed by atoms with E-state index in [9.17, 15) is 0 Å². The van der Waals surface area contributed by atoms with Gasteiger partial charge in [-0.05, 0) is 24.5 Å². The Bertz CT molecular complexity index is 407. The predicted octanol–water partition coefficient (Wildman–Crippen LogP) is 2.83. The lowest BCUT2D eigenvalue weighted by molar-refractivity contribution is 0.478. The molecule has 0 bridgehead atoms. The molecular weight excluding hydrogens is 234 g/mol. The van der Waals surface area contributed by atoms with Crippen LogP contribution in [0.15, 0.2) is 41.9 Å². The maximum absolute atomic E-state index is 4.48. The van der Waals surface area contributed by atoms with E-state index in [4.69, 9.17) is 0 Å². The lowest BCUT2D eigenvalue weighted by atomic mass is 10.1. The number of hydrogen-bond acceptors (Lipinski definition) is 1. The third kappa shape index (κ3) is 5.16. The smallest absolute Gasteiger partial charge is 0.194 e. The zero-order valence-electron chi connectivity index (χ0n) is 12.3. The van der Waals surface area contributed by atoms with Crippen molar-refractivity contribution in [3.63, 3.8) is 0 Å². The summed E-state index contributed by atoms with van der Waals surface area (Å²) < 4.78 is 0. The molecule has 3 heteroatoms. The van der Waals surface area contributed by atoms with Crippen LogP contribution in [0.3, 0.4) is 0 Å². The Hall–Kier alpha value is -1.77. The van der Waals surface area contributed by atoms with Crippen LogP contribution in [0, 0.1) is 0 Å². The van der Waals surface area contributed by atoms with Crippen LogP contribution < -0.4 is 5.32 Å². The van der Waals surface area contributed by atoms with Crippen LogP contribution in [0.4, 0.5) is 0 Å². The fraction of sp³-hybridized carbons (Fsp3) is 0.438. The van der Waals surface area contributed by atoms with Crippen molar-refractivity contribution in [2.75, 3.05) is 20.1 Å². The molecule has 0 saturated heterocycles. The van der Waals surface area contributed by atoms with Gasteiger partial charge in [0.2, 0.25) is 0 Å². The molecule has 0 saturated carbocycles. The van der Waals surface area contributed by atoms with Crippen LogP contribution >= 0.6 is 0 Å². The molecule has 0 spiro atoms. The summed E-state index contributed by atoms with van der Waals surface area (Å²) in [5, 5.41) is 3.29. The Morgan fingerprint density at radius 3 is 2.42 bits per heavy atom. The first kappa shape index (κ1) is 15.3. The minimum atomic E-state index is 0.640. The van der Waals surface area contributed by atoms with E-state index >= 15 is 0 Å². The highest BCUT2D eigenvalue weighted by Crippen LogP contribution is 2.07. The summed E-state index contributed by atoms with van der Waals surface area (Å²) in [5.74, 6) is 0.918. The maximum atomic E-state index is 4.48. The quantitative estimate of drug-likeness (QED) is 0.483. The van der Waals surface area contributed by atoms with Gasteiger partial charge in [-0.2, -0.15) is 0 Å². The lowest BCUT2D eigenvalue weighted by Gasteiger charge is -2.22. The highest BCUT2D eigenvalue weighted by atomic mass is 15.3. The monoisotopic (exact) mass is 259 g/mol. The largest absolute Gasteiger partial charge is 0.357 e. The van der Waals surface area contributed by atoms with Gasteiger partial charge in [0, 0.05) is 20.1 Å². The van der Waals surface area contributed by atoms with E-state index in [1.54, 1.807) is 6.08 Å². The van der Waals surface area contributed by atoms with Crippen LogP contribution in [0.25, 0.3) is 0 Å². The van der Waals surface area contributed by atoms with E-state index in [0.717, 1.165) is 25.5 Å². The summed E-state index contributed by atoms with van der Waals surface area (Å²) in [7, 11) is 2.05. The number of nitrogens with zero attached hydrogens (tertiary/aromatic N) is 2. The second kappa shape index (κ2) is 8.35. The average molecular weight is 259 g/mol. The van der Waals surface area contributed by atoms with E-state index in [2.05, 4.69) is 66.9 Å². The first-order valence-corrected chi connectivity index (χ1v) is 6.89. The van der Waals surface area contributed by atoms with Gasteiger partial charge in [-0.15, -0.1) is 6.58 Å². The summed E-state index contributed by atoms with van der Waals surface area (Å²) in [6.45, 7) is 10.3. The Morgan fingerprint density at radius 1 is 1.26 bits per heavy atom. The topological polar surface area (TPSA) is 27.6 Å². The zero-order chi connectivity index (χ0) is 14.1. The Labute approximate surface area is 117 Å². The van der Waals surface area contributed by atoms with Gasteiger partial charge in [-0.3, -0.25) is 0 Å². The number of aryl methyl sites for hydroxylation is 1. The molecule has 0 amide bonds. The third-order valence-electron chi connectivity index (χ3n) is 2.92. The second-order valence-corrected chi connectivity index (χ2v) is 4.51. The summed E-state index contributed by atoms with van der Waals surface area (Å²) in [5.41, 5.74) is 2.67. The standard InChI is InChI=1S/C16H25N3/c1-5-12-18-16(17-7-3)19(4)13-15-10-8-14(6-2)9-11-15/h5,8-11H,1,6-7,12-13H2,2-4H3,(H,17,18). The second-order valence-electron chi connectivity index (χ2n) is 4.51. The molecule has 104 valence electrons. The van der Waals surface area contributed by atoms with E-state index in [1.807, 2.05) is 0 Å². The van der Waals surface area contributed by atoms with E-state index in [1.165, 1.54) is 11.1 Å². The van der Waals surface area contributed by atoms with Crippen molar-refractivity contribution in [3.05, 3.63) is 48.0 Å². The third-order valence-corrected chi connectivity index (χ3v) is 2.92. The summed E-state index contributed by atoms with van der Waals surface area (Å²) >= 11 is 0. The van der Waals surface area contributed by atoms with Crippen molar-refractivity contribution in [2.45, 2.75) is 26.8 Å². The molecule has 19 heavy (non-hydrogen) atoms. The van der Waals surface area contributed by atoms with Crippen molar-refractivity contribution >= 4 is 5.96 Å². The van der Waals surface area contributed by atoms with Crippen LogP contribution in [0.1, 0.15) is 25.0 Å². The van der Waals surface area contributed by atoms with E-state index in [0.29, 0.717) is 6.54 Å². The van der Waals surface area contributed by atoms with Gasteiger partial charge in [0.25, 0.3) is 0 Å². The molecular formula is C16H25N3. The molecule has 0 atom stereocenters. The molecule has 0 heterocycles. The number of nitrogens with one attached hydrogen (secondary N) is 1. The fourth-order valence-electron chi connectivity index (χ4n) is 1.85. The molecule has 0 aliphatic heterocycles. The molecule has 0 aliphatic carbocycles. The first-order chi connectivity index (χ1) is 9.21.